The van der Waals surface area contributed by atoms with Gasteiger partial charge in [0.05, 0.1) is 12.7 Å². The molecule has 0 aromatic heterocycles. The molecule has 0 aromatic carbocycles. The minimum Gasteiger partial charge on any atom is -0.374 e. The second-order valence-electron chi connectivity index (χ2n) is 13.4. The van der Waals surface area contributed by atoms with Crippen LogP contribution < -0.4 is 0 Å². The van der Waals surface area contributed by atoms with Crippen LogP contribution in [0.4, 0.5) is 0 Å². The van der Waals surface area contributed by atoms with Crippen LogP contribution in [0.5, 0.6) is 0 Å². The minimum atomic E-state index is 0.436. The van der Waals surface area contributed by atoms with Crippen molar-refractivity contribution in [1.29, 1.82) is 0 Å². The van der Waals surface area contributed by atoms with E-state index in [2.05, 4.69) is 93.6 Å². The van der Waals surface area contributed by atoms with Crippen LogP contribution in [0.2, 0.25) is 0 Å². The second-order valence-corrected chi connectivity index (χ2v) is 13.4. The number of likely N-dealkylation sites (N-methyl/N-ethyl adjacent to an activating group) is 1. The van der Waals surface area contributed by atoms with E-state index in [1.807, 2.05) is 0 Å². The molecule has 2 nitrogen and oxygen atoms in total. The molecule has 0 aromatic rings. The molecular formula is C43H79NO. The maximum atomic E-state index is 6.34. The van der Waals surface area contributed by atoms with Crippen molar-refractivity contribution < 1.29 is 4.74 Å². The highest BCUT2D eigenvalue weighted by Gasteiger charge is 2.08. The number of allylic oxidation sites excluding steroid dienone is 8. The van der Waals surface area contributed by atoms with Gasteiger partial charge < -0.3 is 9.64 Å². The summed E-state index contributed by atoms with van der Waals surface area (Å²) in [6.07, 6.45) is 57.8. The molecule has 262 valence electrons. The first kappa shape index (κ1) is 43.6. The second kappa shape index (κ2) is 38.8. The topological polar surface area (TPSA) is 12.5 Å². The lowest BCUT2D eigenvalue weighted by Gasteiger charge is -2.17. The summed E-state index contributed by atoms with van der Waals surface area (Å²) >= 11 is 0. The predicted octanol–water partition coefficient (Wildman–Crippen LogP) is 13.9. The summed E-state index contributed by atoms with van der Waals surface area (Å²) in [4.78, 5) is 2.20. The minimum absolute atomic E-state index is 0.436. The van der Waals surface area contributed by atoms with Crippen LogP contribution in [0, 0.1) is 0 Å². The van der Waals surface area contributed by atoms with E-state index in [9.17, 15) is 0 Å². The fraction of sp³-hybridized carbons (Fsp3) is 0.767. The standard InChI is InChI=1S/C43H79NO/c1-5-7-9-11-13-15-17-19-21-23-25-27-29-31-33-35-39-43(45-42-38-37-41-44(3)4)40-36-34-32-30-28-26-24-22-20-18-16-14-12-10-8-6-2/h13-16,19-22,37-38,43H,5-12,17-18,23-36,39-42H2,1-4H3/b15-13-,16-14-,21-19-,22-20-,38-37+. The van der Waals surface area contributed by atoms with E-state index >= 15 is 0 Å². The molecule has 0 aliphatic heterocycles. The summed E-state index contributed by atoms with van der Waals surface area (Å²) in [7, 11) is 4.23. The lowest BCUT2D eigenvalue weighted by Crippen LogP contribution is -2.14. The third-order valence-electron chi connectivity index (χ3n) is 8.52. The Labute approximate surface area is 283 Å². The fourth-order valence-electron chi connectivity index (χ4n) is 5.58. The summed E-state index contributed by atoms with van der Waals surface area (Å²) in [6, 6.07) is 0. The molecule has 0 amide bonds. The van der Waals surface area contributed by atoms with Crippen molar-refractivity contribution in [3.63, 3.8) is 0 Å². The van der Waals surface area contributed by atoms with E-state index < -0.39 is 0 Å². The van der Waals surface area contributed by atoms with Crippen molar-refractivity contribution in [1.82, 2.24) is 4.90 Å². The van der Waals surface area contributed by atoms with Crippen LogP contribution in [0.15, 0.2) is 60.8 Å². The van der Waals surface area contributed by atoms with Gasteiger partial charge in [-0.05, 0) is 91.1 Å². The number of hydrogen-bond donors (Lipinski definition) is 0. The van der Waals surface area contributed by atoms with Gasteiger partial charge in [-0.1, -0.05) is 164 Å². The molecule has 0 fully saturated rings. The molecule has 0 aliphatic carbocycles. The van der Waals surface area contributed by atoms with Crippen LogP contribution in [-0.4, -0.2) is 38.3 Å². The molecule has 2 heteroatoms. The smallest absolute Gasteiger partial charge is 0.0651 e. The number of rotatable bonds is 35. The van der Waals surface area contributed by atoms with E-state index in [0.717, 1.165) is 26.0 Å². The summed E-state index contributed by atoms with van der Waals surface area (Å²) in [5, 5.41) is 0. The van der Waals surface area contributed by atoms with E-state index in [-0.39, 0.29) is 0 Å². The van der Waals surface area contributed by atoms with Gasteiger partial charge in [-0.3, -0.25) is 0 Å². The van der Waals surface area contributed by atoms with Gasteiger partial charge >= 0.3 is 0 Å². The Morgan fingerprint density at radius 1 is 0.422 bits per heavy atom. The van der Waals surface area contributed by atoms with Gasteiger partial charge in [0.15, 0.2) is 0 Å². The first-order valence-corrected chi connectivity index (χ1v) is 19.7. The number of unbranched alkanes of at least 4 members (excludes halogenated alkanes) is 18. The highest BCUT2D eigenvalue weighted by Crippen LogP contribution is 2.17. The molecule has 0 unspecified atom stereocenters. The molecular weight excluding hydrogens is 546 g/mol. The van der Waals surface area contributed by atoms with Crippen LogP contribution in [-0.2, 0) is 4.74 Å². The SMILES string of the molecule is CCCCC/C=C\C/C=C\CCCCCCCCC(CCCCCCCC/C=C\C/C=C\CCCCC)OC/C=C/CN(C)C. The summed E-state index contributed by atoms with van der Waals surface area (Å²) < 4.78 is 6.34. The van der Waals surface area contributed by atoms with Crippen molar-refractivity contribution in [2.75, 3.05) is 27.2 Å². The Kier molecular flexibility index (Phi) is 37.6. The Balaban J connectivity index is 3.92. The van der Waals surface area contributed by atoms with Gasteiger partial charge in [-0.2, -0.15) is 0 Å². The zero-order chi connectivity index (χ0) is 32.7. The molecule has 0 bridgehead atoms. The fourth-order valence-corrected chi connectivity index (χ4v) is 5.58. The predicted molar refractivity (Wildman–Crippen MR) is 205 cm³/mol. The lowest BCUT2D eigenvalue weighted by molar-refractivity contribution is 0.0572. The summed E-state index contributed by atoms with van der Waals surface area (Å²) in [5.41, 5.74) is 0. The van der Waals surface area contributed by atoms with Gasteiger partial charge in [-0.15, -0.1) is 0 Å². The van der Waals surface area contributed by atoms with Gasteiger partial charge in [0.2, 0.25) is 0 Å². The van der Waals surface area contributed by atoms with Crippen molar-refractivity contribution in [3.05, 3.63) is 60.8 Å². The number of hydrogen-bond acceptors (Lipinski definition) is 2. The number of ether oxygens (including phenoxy) is 1. The van der Waals surface area contributed by atoms with Crippen LogP contribution >= 0.6 is 0 Å². The molecule has 0 aliphatic rings. The Morgan fingerprint density at radius 2 is 0.800 bits per heavy atom. The lowest BCUT2D eigenvalue weighted by atomic mass is 10.0. The molecule has 0 radical (unpaired) electrons. The van der Waals surface area contributed by atoms with E-state index in [0.29, 0.717) is 6.10 Å². The molecule has 0 saturated carbocycles. The molecule has 0 rings (SSSR count). The molecule has 0 heterocycles. The average Bonchev–Trinajstić information content (AvgIpc) is 3.03. The Morgan fingerprint density at radius 3 is 1.20 bits per heavy atom. The molecule has 0 spiro atoms. The quantitative estimate of drug-likeness (QED) is 0.0513. The van der Waals surface area contributed by atoms with Crippen molar-refractivity contribution >= 4 is 0 Å². The van der Waals surface area contributed by atoms with Crippen molar-refractivity contribution in [2.45, 2.75) is 187 Å². The van der Waals surface area contributed by atoms with Crippen LogP contribution in [0.25, 0.3) is 0 Å². The Bertz CT molecular complexity index is 653. The van der Waals surface area contributed by atoms with E-state index in [1.54, 1.807) is 0 Å². The van der Waals surface area contributed by atoms with Crippen LogP contribution in [0.1, 0.15) is 181 Å². The maximum Gasteiger partial charge on any atom is 0.0651 e. The van der Waals surface area contributed by atoms with Crippen molar-refractivity contribution in [2.24, 2.45) is 0 Å². The summed E-state index contributed by atoms with van der Waals surface area (Å²) in [5.74, 6) is 0. The van der Waals surface area contributed by atoms with E-state index in [4.69, 9.17) is 4.74 Å². The number of nitrogens with zero attached hydrogens (tertiary/aromatic N) is 1. The molecule has 0 atom stereocenters. The largest absolute Gasteiger partial charge is 0.374 e. The van der Waals surface area contributed by atoms with E-state index in [1.165, 1.54) is 154 Å². The van der Waals surface area contributed by atoms with Gasteiger partial charge in [0.1, 0.15) is 0 Å². The molecule has 45 heavy (non-hydrogen) atoms. The molecule has 0 saturated heterocycles. The molecule has 0 N–H and O–H groups in total. The third kappa shape index (κ3) is 38.7. The Hall–Kier alpha value is -1.38. The van der Waals surface area contributed by atoms with Gasteiger partial charge in [-0.25, -0.2) is 0 Å². The zero-order valence-corrected chi connectivity index (χ0v) is 31.0. The highest BCUT2D eigenvalue weighted by atomic mass is 16.5. The summed E-state index contributed by atoms with van der Waals surface area (Å²) in [6.45, 7) is 6.30. The maximum absolute atomic E-state index is 6.34. The van der Waals surface area contributed by atoms with Gasteiger partial charge in [0.25, 0.3) is 0 Å². The normalized spacial score (nSPS) is 12.8. The zero-order valence-electron chi connectivity index (χ0n) is 31.0. The first-order valence-electron chi connectivity index (χ1n) is 19.7. The van der Waals surface area contributed by atoms with Gasteiger partial charge in [0, 0.05) is 6.54 Å². The monoisotopic (exact) mass is 626 g/mol. The highest BCUT2D eigenvalue weighted by molar-refractivity contribution is 4.93. The first-order chi connectivity index (χ1) is 22.2. The third-order valence-corrected chi connectivity index (χ3v) is 8.52. The van der Waals surface area contributed by atoms with Crippen LogP contribution in [0.3, 0.4) is 0 Å². The average molecular weight is 626 g/mol. The van der Waals surface area contributed by atoms with Crippen molar-refractivity contribution in [3.8, 4) is 0 Å².